The van der Waals surface area contributed by atoms with E-state index in [1.165, 1.54) is 10.2 Å². The minimum atomic E-state index is -3.42. The molecule has 25 heavy (non-hydrogen) atoms. The highest BCUT2D eigenvalue weighted by molar-refractivity contribution is 7.89. The van der Waals surface area contributed by atoms with Gasteiger partial charge in [-0.05, 0) is 32.0 Å². The molecular formula is C20H18N2O2S. The molecule has 0 fully saturated rings. The van der Waals surface area contributed by atoms with Crippen LogP contribution < -0.4 is 0 Å². The maximum atomic E-state index is 12.4. The number of hydrogen-bond acceptors (Lipinski definition) is 3. The number of benzene rings is 2. The Kier molecular flexibility index (Phi) is 3.44. The number of hydrogen-bond donors (Lipinski definition) is 0. The third kappa shape index (κ3) is 2.43. The second-order valence-corrected chi connectivity index (χ2v) is 8.22. The van der Waals surface area contributed by atoms with Crippen molar-refractivity contribution in [2.24, 2.45) is 0 Å². The molecule has 0 unspecified atom stereocenters. The van der Waals surface area contributed by atoms with Crippen LogP contribution in [-0.4, -0.2) is 23.6 Å². The lowest BCUT2D eigenvalue weighted by molar-refractivity contribution is 0.594. The molecule has 4 nitrogen and oxygen atoms in total. The molecule has 0 N–H and O–H groups in total. The zero-order chi connectivity index (χ0) is 17.8. The zero-order valence-corrected chi connectivity index (χ0v) is 15.1. The van der Waals surface area contributed by atoms with Crippen molar-refractivity contribution >= 4 is 31.8 Å². The Morgan fingerprint density at radius 1 is 1.00 bits per heavy atom. The third-order valence-electron chi connectivity index (χ3n) is 4.54. The molecule has 0 saturated carbocycles. The molecule has 5 heteroatoms. The van der Waals surface area contributed by atoms with Crippen LogP contribution in [0.25, 0.3) is 32.9 Å². The number of pyridine rings is 1. The Morgan fingerprint density at radius 2 is 1.76 bits per heavy atom. The van der Waals surface area contributed by atoms with E-state index in [4.69, 9.17) is 0 Å². The minimum absolute atomic E-state index is 0.702. The molecule has 0 saturated heterocycles. The molecule has 0 bridgehead atoms. The molecule has 0 amide bonds. The quantitative estimate of drug-likeness (QED) is 0.542. The van der Waals surface area contributed by atoms with E-state index in [-0.39, 0.29) is 0 Å². The maximum Gasteiger partial charge on any atom is 0.236 e. The highest BCUT2D eigenvalue weighted by atomic mass is 32.2. The lowest BCUT2D eigenvalue weighted by Gasteiger charge is -2.08. The molecule has 4 aromatic rings. The van der Waals surface area contributed by atoms with Gasteiger partial charge in [0.2, 0.25) is 10.0 Å². The van der Waals surface area contributed by atoms with Gasteiger partial charge in [-0.1, -0.05) is 35.9 Å². The fourth-order valence-corrected chi connectivity index (χ4v) is 4.68. The summed E-state index contributed by atoms with van der Waals surface area (Å²) in [6.07, 6.45) is 3.01. The molecule has 2 aromatic heterocycles. The Hall–Kier alpha value is -2.66. The average molecular weight is 350 g/mol. The Labute approximate surface area is 146 Å². The third-order valence-corrected chi connectivity index (χ3v) is 5.67. The van der Waals surface area contributed by atoms with E-state index < -0.39 is 10.0 Å². The van der Waals surface area contributed by atoms with E-state index in [0.717, 1.165) is 33.0 Å². The van der Waals surface area contributed by atoms with Crippen LogP contribution in [0, 0.1) is 13.8 Å². The summed E-state index contributed by atoms with van der Waals surface area (Å²) in [6.45, 7) is 3.87. The molecule has 0 aliphatic heterocycles. The van der Waals surface area contributed by atoms with Gasteiger partial charge in [-0.3, -0.25) is 4.98 Å². The first kappa shape index (κ1) is 15.8. The Morgan fingerprint density at radius 3 is 2.52 bits per heavy atom. The number of aryl methyl sites for hydroxylation is 1. The van der Waals surface area contributed by atoms with Crippen LogP contribution in [0.4, 0.5) is 0 Å². The van der Waals surface area contributed by atoms with E-state index in [1.807, 2.05) is 62.4 Å². The van der Waals surface area contributed by atoms with Crippen molar-refractivity contribution in [3.63, 3.8) is 0 Å². The van der Waals surface area contributed by atoms with Crippen molar-refractivity contribution in [1.82, 2.24) is 8.96 Å². The molecule has 2 aromatic carbocycles. The summed E-state index contributed by atoms with van der Waals surface area (Å²) in [5, 5.41) is 1.97. The summed E-state index contributed by atoms with van der Waals surface area (Å²) in [6, 6.07) is 15.8. The summed E-state index contributed by atoms with van der Waals surface area (Å²) in [4.78, 5) is 4.54. The van der Waals surface area contributed by atoms with E-state index >= 15 is 0 Å². The Balaban J connectivity index is 2.22. The lowest BCUT2D eigenvalue weighted by Crippen LogP contribution is -2.11. The van der Waals surface area contributed by atoms with Gasteiger partial charge < -0.3 is 0 Å². The fraction of sp³-hybridized carbons (Fsp3) is 0.150. The first-order chi connectivity index (χ1) is 11.9. The summed E-state index contributed by atoms with van der Waals surface area (Å²) in [5.74, 6) is 0. The number of fused-ring (bicyclic) bond motifs is 2. The monoisotopic (exact) mass is 350 g/mol. The van der Waals surface area contributed by atoms with Gasteiger partial charge in [0.25, 0.3) is 0 Å². The smallest absolute Gasteiger partial charge is 0.236 e. The maximum absolute atomic E-state index is 12.4. The van der Waals surface area contributed by atoms with Gasteiger partial charge in [0, 0.05) is 33.8 Å². The first-order valence-electron chi connectivity index (χ1n) is 8.04. The topological polar surface area (TPSA) is 52.0 Å². The molecule has 0 aliphatic rings. The van der Waals surface area contributed by atoms with Gasteiger partial charge >= 0.3 is 0 Å². The van der Waals surface area contributed by atoms with Crippen molar-refractivity contribution in [3.05, 3.63) is 66.0 Å². The Bertz CT molecular complexity index is 1230. The lowest BCUT2D eigenvalue weighted by atomic mass is 9.98. The van der Waals surface area contributed by atoms with Crippen molar-refractivity contribution in [1.29, 1.82) is 0 Å². The molecule has 0 spiro atoms. The van der Waals surface area contributed by atoms with E-state index in [2.05, 4.69) is 4.98 Å². The zero-order valence-electron chi connectivity index (χ0n) is 14.3. The summed E-state index contributed by atoms with van der Waals surface area (Å²) < 4.78 is 26.2. The van der Waals surface area contributed by atoms with Crippen LogP contribution in [0.5, 0.6) is 0 Å². The molecule has 0 aliphatic carbocycles. The van der Waals surface area contributed by atoms with Gasteiger partial charge in [-0.2, -0.15) is 0 Å². The molecule has 126 valence electrons. The highest BCUT2D eigenvalue weighted by Crippen LogP contribution is 2.38. The number of rotatable bonds is 2. The number of aromatic nitrogens is 2. The SMILES string of the molecule is Cc1ccc2c(c1)c(-c1cccc3cccnc13)c(C)n2S(C)(=O)=O. The van der Waals surface area contributed by atoms with Crippen LogP contribution in [0.3, 0.4) is 0 Å². The molecule has 0 radical (unpaired) electrons. The van der Waals surface area contributed by atoms with Crippen molar-refractivity contribution in [3.8, 4) is 11.1 Å². The van der Waals surface area contributed by atoms with Crippen molar-refractivity contribution in [2.75, 3.05) is 6.26 Å². The van der Waals surface area contributed by atoms with Gasteiger partial charge in [-0.15, -0.1) is 0 Å². The first-order valence-corrected chi connectivity index (χ1v) is 9.89. The van der Waals surface area contributed by atoms with Crippen LogP contribution in [0.2, 0.25) is 0 Å². The summed E-state index contributed by atoms with van der Waals surface area (Å²) in [7, 11) is -3.42. The van der Waals surface area contributed by atoms with Crippen LogP contribution >= 0.6 is 0 Å². The molecular weight excluding hydrogens is 332 g/mol. The largest absolute Gasteiger partial charge is 0.256 e. The summed E-state index contributed by atoms with van der Waals surface area (Å²) in [5.41, 5.74) is 5.26. The van der Waals surface area contributed by atoms with E-state index in [1.54, 1.807) is 6.20 Å². The number of para-hydroxylation sites is 1. The normalized spacial score (nSPS) is 12.1. The van der Waals surface area contributed by atoms with Gasteiger partial charge in [0.15, 0.2) is 0 Å². The van der Waals surface area contributed by atoms with Crippen LogP contribution in [-0.2, 0) is 10.0 Å². The van der Waals surface area contributed by atoms with Crippen LogP contribution in [0.1, 0.15) is 11.3 Å². The second-order valence-electron chi connectivity index (χ2n) is 6.39. The highest BCUT2D eigenvalue weighted by Gasteiger charge is 2.22. The van der Waals surface area contributed by atoms with E-state index in [0.29, 0.717) is 11.2 Å². The van der Waals surface area contributed by atoms with Crippen molar-refractivity contribution < 1.29 is 8.42 Å². The predicted molar refractivity (Wildman–Crippen MR) is 102 cm³/mol. The fourth-order valence-electron chi connectivity index (χ4n) is 3.58. The van der Waals surface area contributed by atoms with Gasteiger partial charge in [0.1, 0.15) is 0 Å². The second kappa shape index (κ2) is 5.43. The van der Waals surface area contributed by atoms with Gasteiger partial charge in [0.05, 0.1) is 17.3 Å². The summed E-state index contributed by atoms with van der Waals surface area (Å²) >= 11 is 0. The van der Waals surface area contributed by atoms with Crippen molar-refractivity contribution in [2.45, 2.75) is 13.8 Å². The average Bonchev–Trinajstić information content (AvgIpc) is 2.85. The standard InChI is InChI=1S/C20H18N2O2S/c1-13-9-10-18-17(12-13)19(14(2)22(18)25(3,23)24)16-8-4-6-15-7-5-11-21-20(15)16/h4-12H,1-3H3. The predicted octanol–water partition coefficient (Wildman–Crippen LogP) is 4.28. The van der Waals surface area contributed by atoms with E-state index in [9.17, 15) is 8.42 Å². The molecule has 4 rings (SSSR count). The molecule has 2 heterocycles. The number of nitrogens with zero attached hydrogens (tertiary/aromatic N) is 2. The van der Waals surface area contributed by atoms with Crippen LogP contribution in [0.15, 0.2) is 54.7 Å². The molecule has 0 atom stereocenters. The van der Waals surface area contributed by atoms with Gasteiger partial charge in [-0.25, -0.2) is 12.4 Å². The minimum Gasteiger partial charge on any atom is -0.256 e.